The fourth-order valence-corrected chi connectivity index (χ4v) is 2.84. The van der Waals surface area contributed by atoms with Crippen molar-refractivity contribution < 1.29 is 4.79 Å². The molecule has 3 rings (SSSR count). The summed E-state index contributed by atoms with van der Waals surface area (Å²) < 4.78 is 0. The molecule has 0 saturated heterocycles. The molecule has 2 aromatic rings. The van der Waals surface area contributed by atoms with Gasteiger partial charge in [0.05, 0.1) is 5.41 Å². The molecule has 0 radical (unpaired) electrons. The van der Waals surface area contributed by atoms with Gasteiger partial charge in [-0.2, -0.15) is 0 Å². The van der Waals surface area contributed by atoms with Crippen molar-refractivity contribution in [3.63, 3.8) is 0 Å². The minimum absolute atomic E-state index is 0.0552. The maximum absolute atomic E-state index is 12.5. The Morgan fingerprint density at radius 2 is 1.71 bits per heavy atom. The van der Waals surface area contributed by atoms with Gasteiger partial charge in [-0.3, -0.25) is 4.79 Å². The number of carbonyl (C=O) groups is 1. The number of benzene rings is 2. The topological polar surface area (TPSA) is 55.1 Å². The summed E-state index contributed by atoms with van der Waals surface area (Å²) in [6.07, 6.45) is 2.87. The summed E-state index contributed by atoms with van der Waals surface area (Å²) in [4.78, 5) is 12.5. The minimum Gasteiger partial charge on any atom is -0.329 e. The molecule has 0 aliphatic heterocycles. The molecular formula is C18H20N2O. The molecule has 0 bridgehead atoms. The van der Waals surface area contributed by atoms with Crippen LogP contribution < -0.4 is 11.1 Å². The summed E-state index contributed by atoms with van der Waals surface area (Å²) in [6.45, 7) is 0.423. The molecule has 108 valence electrons. The third-order valence-electron chi connectivity index (χ3n) is 4.44. The molecular weight excluding hydrogens is 260 g/mol. The Bertz CT molecular complexity index is 627. The zero-order valence-electron chi connectivity index (χ0n) is 12.0. The Hall–Kier alpha value is -2.13. The molecule has 3 heteroatoms. The lowest BCUT2D eigenvalue weighted by atomic mass is 9.68. The molecule has 3 N–H and O–H groups in total. The number of nitrogens with one attached hydrogen (secondary N) is 1. The standard InChI is InChI=1S/C18H20N2O/c19-13-18(11-6-12-18)17(21)20-16-10-5-4-9-15(16)14-7-2-1-3-8-14/h1-5,7-10H,6,11-13,19H2,(H,20,21). The summed E-state index contributed by atoms with van der Waals surface area (Å²) in [5.74, 6) is 0.0552. The second-order valence-electron chi connectivity index (χ2n) is 5.70. The van der Waals surface area contributed by atoms with Gasteiger partial charge in [-0.1, -0.05) is 55.0 Å². The number of hydrogen-bond donors (Lipinski definition) is 2. The van der Waals surface area contributed by atoms with Crippen LogP contribution in [0, 0.1) is 5.41 Å². The van der Waals surface area contributed by atoms with E-state index in [1.54, 1.807) is 0 Å². The van der Waals surface area contributed by atoms with E-state index in [2.05, 4.69) is 5.32 Å². The Balaban J connectivity index is 1.88. The van der Waals surface area contributed by atoms with Crippen molar-refractivity contribution in [2.75, 3.05) is 11.9 Å². The van der Waals surface area contributed by atoms with Crippen LogP contribution in [-0.4, -0.2) is 12.5 Å². The fraction of sp³-hybridized carbons (Fsp3) is 0.278. The van der Waals surface area contributed by atoms with E-state index in [0.29, 0.717) is 6.54 Å². The number of para-hydroxylation sites is 1. The van der Waals surface area contributed by atoms with E-state index in [4.69, 9.17) is 5.73 Å². The van der Waals surface area contributed by atoms with Gasteiger partial charge < -0.3 is 11.1 Å². The van der Waals surface area contributed by atoms with Crippen molar-refractivity contribution in [2.45, 2.75) is 19.3 Å². The molecule has 0 aromatic heterocycles. The van der Waals surface area contributed by atoms with E-state index in [-0.39, 0.29) is 11.3 Å². The summed E-state index contributed by atoms with van der Waals surface area (Å²) in [5, 5.41) is 3.08. The minimum atomic E-state index is -0.357. The van der Waals surface area contributed by atoms with Crippen LogP contribution in [0.4, 0.5) is 5.69 Å². The van der Waals surface area contributed by atoms with E-state index in [1.807, 2.05) is 54.6 Å². The predicted molar refractivity (Wildman–Crippen MR) is 85.8 cm³/mol. The lowest BCUT2D eigenvalue weighted by Crippen LogP contribution is -2.47. The highest BCUT2D eigenvalue weighted by Crippen LogP contribution is 2.41. The largest absolute Gasteiger partial charge is 0.329 e. The van der Waals surface area contributed by atoms with Crippen LogP contribution in [0.15, 0.2) is 54.6 Å². The smallest absolute Gasteiger partial charge is 0.231 e. The SMILES string of the molecule is NCC1(C(=O)Nc2ccccc2-c2ccccc2)CCC1. The zero-order chi connectivity index (χ0) is 14.7. The second-order valence-corrected chi connectivity index (χ2v) is 5.70. The third-order valence-corrected chi connectivity index (χ3v) is 4.44. The number of anilines is 1. The Morgan fingerprint density at radius 1 is 1.05 bits per heavy atom. The number of hydrogen-bond acceptors (Lipinski definition) is 2. The van der Waals surface area contributed by atoms with E-state index >= 15 is 0 Å². The average molecular weight is 280 g/mol. The van der Waals surface area contributed by atoms with Gasteiger partial charge in [0.2, 0.25) is 5.91 Å². The fourth-order valence-electron chi connectivity index (χ4n) is 2.84. The average Bonchev–Trinajstić information content (AvgIpc) is 2.48. The van der Waals surface area contributed by atoms with Crippen LogP contribution in [0.5, 0.6) is 0 Å². The monoisotopic (exact) mass is 280 g/mol. The Labute approximate surface area is 125 Å². The highest BCUT2D eigenvalue weighted by Gasteiger charge is 2.42. The molecule has 21 heavy (non-hydrogen) atoms. The lowest BCUT2D eigenvalue weighted by molar-refractivity contribution is -0.129. The molecule has 3 nitrogen and oxygen atoms in total. The summed E-state index contributed by atoms with van der Waals surface area (Å²) in [7, 11) is 0. The molecule has 2 aromatic carbocycles. The number of carbonyl (C=O) groups excluding carboxylic acids is 1. The van der Waals surface area contributed by atoms with Gasteiger partial charge in [-0.15, -0.1) is 0 Å². The predicted octanol–water partition coefficient (Wildman–Crippen LogP) is 3.42. The first kappa shape index (κ1) is 13.8. The molecule has 0 heterocycles. The summed E-state index contributed by atoms with van der Waals surface area (Å²) >= 11 is 0. The first-order valence-electron chi connectivity index (χ1n) is 7.41. The van der Waals surface area contributed by atoms with Crippen LogP contribution in [0.25, 0.3) is 11.1 Å². The maximum Gasteiger partial charge on any atom is 0.231 e. The van der Waals surface area contributed by atoms with Crippen molar-refractivity contribution in [2.24, 2.45) is 11.1 Å². The first-order valence-corrected chi connectivity index (χ1v) is 7.41. The molecule has 0 unspecified atom stereocenters. The molecule has 1 amide bonds. The molecule has 1 fully saturated rings. The van der Waals surface area contributed by atoms with Gasteiger partial charge in [0.1, 0.15) is 0 Å². The van der Waals surface area contributed by atoms with Gasteiger partial charge in [0.15, 0.2) is 0 Å². The third kappa shape index (κ3) is 2.57. The molecule has 0 spiro atoms. The van der Waals surface area contributed by atoms with Crippen molar-refractivity contribution >= 4 is 11.6 Å². The van der Waals surface area contributed by atoms with Crippen LogP contribution in [0.3, 0.4) is 0 Å². The molecule has 1 saturated carbocycles. The molecule has 1 aliphatic rings. The second kappa shape index (κ2) is 5.70. The van der Waals surface area contributed by atoms with Crippen molar-refractivity contribution in [1.82, 2.24) is 0 Å². The number of amides is 1. The summed E-state index contributed by atoms with van der Waals surface area (Å²) in [6, 6.07) is 18.0. The van der Waals surface area contributed by atoms with Crippen LogP contribution in [0.2, 0.25) is 0 Å². The maximum atomic E-state index is 12.5. The molecule has 0 atom stereocenters. The van der Waals surface area contributed by atoms with E-state index in [9.17, 15) is 4.79 Å². The zero-order valence-corrected chi connectivity index (χ0v) is 12.0. The van der Waals surface area contributed by atoms with E-state index in [0.717, 1.165) is 36.1 Å². The van der Waals surface area contributed by atoms with Crippen LogP contribution >= 0.6 is 0 Å². The van der Waals surface area contributed by atoms with Crippen LogP contribution in [-0.2, 0) is 4.79 Å². The highest BCUT2D eigenvalue weighted by molar-refractivity contribution is 5.99. The Kier molecular flexibility index (Phi) is 3.76. The van der Waals surface area contributed by atoms with Crippen molar-refractivity contribution in [1.29, 1.82) is 0 Å². The highest BCUT2D eigenvalue weighted by atomic mass is 16.2. The first-order chi connectivity index (χ1) is 10.2. The van der Waals surface area contributed by atoms with Gasteiger partial charge >= 0.3 is 0 Å². The lowest BCUT2D eigenvalue weighted by Gasteiger charge is -2.39. The van der Waals surface area contributed by atoms with Gasteiger partial charge in [0.25, 0.3) is 0 Å². The summed E-state index contributed by atoms with van der Waals surface area (Å²) in [5.41, 5.74) is 8.45. The van der Waals surface area contributed by atoms with E-state index < -0.39 is 0 Å². The Morgan fingerprint density at radius 3 is 2.33 bits per heavy atom. The van der Waals surface area contributed by atoms with Gasteiger partial charge in [-0.25, -0.2) is 0 Å². The number of rotatable bonds is 4. The van der Waals surface area contributed by atoms with Gasteiger partial charge in [0, 0.05) is 17.8 Å². The van der Waals surface area contributed by atoms with Crippen LogP contribution in [0.1, 0.15) is 19.3 Å². The molecule has 1 aliphatic carbocycles. The van der Waals surface area contributed by atoms with Crippen molar-refractivity contribution in [3.05, 3.63) is 54.6 Å². The van der Waals surface area contributed by atoms with E-state index in [1.165, 1.54) is 0 Å². The normalized spacial score (nSPS) is 16.0. The quantitative estimate of drug-likeness (QED) is 0.901. The van der Waals surface area contributed by atoms with Gasteiger partial charge in [-0.05, 0) is 24.5 Å². The van der Waals surface area contributed by atoms with Crippen molar-refractivity contribution in [3.8, 4) is 11.1 Å². The number of nitrogens with two attached hydrogens (primary N) is 1.